The molecule has 3 aliphatic carbocycles. The number of nitrogens with one attached hydrogen (secondary N) is 1. The van der Waals surface area contributed by atoms with E-state index in [0.29, 0.717) is 24.3 Å². The fourth-order valence-corrected chi connectivity index (χ4v) is 4.74. The molecule has 5 rings (SSSR count). The first-order valence-electron chi connectivity index (χ1n) is 7.67. The Labute approximate surface area is 131 Å². The maximum absolute atomic E-state index is 11.5. The Bertz CT molecular complexity index is 781. The average molecular weight is 313 g/mol. The van der Waals surface area contributed by atoms with Gasteiger partial charge in [0, 0.05) is 18.4 Å². The maximum atomic E-state index is 11.5. The Morgan fingerprint density at radius 2 is 1.45 bits per heavy atom. The van der Waals surface area contributed by atoms with Gasteiger partial charge in [-0.05, 0) is 34.6 Å². The van der Waals surface area contributed by atoms with Crippen molar-refractivity contribution in [2.24, 2.45) is 5.92 Å². The molecule has 0 amide bonds. The molecule has 3 aliphatic rings. The van der Waals surface area contributed by atoms with E-state index in [1.54, 1.807) is 0 Å². The molecule has 4 heteroatoms. The monoisotopic (exact) mass is 313 g/mol. The number of fused-ring (bicyclic) bond motifs is 1. The van der Waals surface area contributed by atoms with Crippen LogP contribution < -0.4 is 4.72 Å². The molecule has 22 heavy (non-hydrogen) atoms. The highest BCUT2D eigenvalue weighted by atomic mass is 32.2. The molecule has 0 heterocycles. The Morgan fingerprint density at radius 3 is 1.95 bits per heavy atom. The van der Waals surface area contributed by atoms with Crippen LogP contribution in [-0.2, 0) is 10.0 Å². The largest absolute Gasteiger partial charge is 0.215 e. The van der Waals surface area contributed by atoms with Crippen molar-refractivity contribution in [2.45, 2.75) is 18.3 Å². The van der Waals surface area contributed by atoms with Crippen molar-refractivity contribution in [1.82, 2.24) is 4.72 Å². The summed E-state index contributed by atoms with van der Waals surface area (Å²) < 4.78 is 25.6. The van der Waals surface area contributed by atoms with Gasteiger partial charge in [0.15, 0.2) is 0 Å². The van der Waals surface area contributed by atoms with Crippen LogP contribution in [0.5, 0.6) is 0 Å². The summed E-state index contributed by atoms with van der Waals surface area (Å²) in [7, 11) is -3.15. The predicted molar refractivity (Wildman–Crippen MR) is 87.5 cm³/mol. The summed E-state index contributed by atoms with van der Waals surface area (Å²) in [5.41, 5.74) is 5.58. The van der Waals surface area contributed by atoms with Gasteiger partial charge < -0.3 is 0 Å². The molecule has 1 atom stereocenters. The highest BCUT2D eigenvalue weighted by Crippen LogP contribution is 2.55. The third kappa shape index (κ3) is 2.18. The fourth-order valence-electron chi connectivity index (χ4n) is 4.22. The predicted octanol–water partition coefficient (Wildman–Crippen LogP) is 2.83. The molecular weight excluding hydrogens is 294 g/mol. The van der Waals surface area contributed by atoms with E-state index >= 15 is 0 Å². The van der Waals surface area contributed by atoms with Crippen molar-refractivity contribution in [3.63, 3.8) is 0 Å². The highest BCUT2D eigenvalue weighted by Gasteiger charge is 2.42. The van der Waals surface area contributed by atoms with Crippen LogP contribution in [-0.4, -0.2) is 21.2 Å². The summed E-state index contributed by atoms with van der Waals surface area (Å²) >= 11 is 0. The molecule has 0 spiro atoms. The van der Waals surface area contributed by atoms with Gasteiger partial charge in [-0.3, -0.25) is 0 Å². The van der Waals surface area contributed by atoms with Crippen LogP contribution in [0.25, 0.3) is 0 Å². The molecule has 114 valence electrons. The molecule has 0 aliphatic heterocycles. The first-order valence-corrected chi connectivity index (χ1v) is 9.56. The Kier molecular flexibility index (Phi) is 3.13. The normalized spacial score (nSPS) is 25.6. The molecule has 1 unspecified atom stereocenters. The SMILES string of the molecule is CS(=O)(=O)NCC1CC2c3ccccc3C1c1ccccc12. The topological polar surface area (TPSA) is 46.2 Å². The van der Waals surface area contributed by atoms with E-state index in [1.807, 2.05) is 0 Å². The maximum Gasteiger partial charge on any atom is 0.208 e. The lowest BCUT2D eigenvalue weighted by molar-refractivity contribution is 0.355. The molecule has 1 N–H and O–H groups in total. The van der Waals surface area contributed by atoms with Gasteiger partial charge in [-0.1, -0.05) is 48.5 Å². The van der Waals surface area contributed by atoms with E-state index in [2.05, 4.69) is 53.3 Å². The van der Waals surface area contributed by atoms with Crippen LogP contribution in [0.1, 0.15) is 40.5 Å². The van der Waals surface area contributed by atoms with E-state index in [0.717, 1.165) is 6.42 Å². The zero-order valence-corrected chi connectivity index (χ0v) is 13.3. The van der Waals surface area contributed by atoms with Crippen molar-refractivity contribution in [1.29, 1.82) is 0 Å². The Morgan fingerprint density at radius 1 is 0.955 bits per heavy atom. The third-order valence-electron chi connectivity index (χ3n) is 5.03. The molecule has 2 bridgehead atoms. The summed E-state index contributed by atoms with van der Waals surface area (Å²) in [6.07, 6.45) is 2.25. The van der Waals surface area contributed by atoms with Gasteiger partial charge in [-0.2, -0.15) is 0 Å². The lowest BCUT2D eigenvalue weighted by Gasteiger charge is -2.45. The molecule has 2 aromatic rings. The summed E-state index contributed by atoms with van der Waals surface area (Å²) in [5, 5.41) is 0. The zero-order chi connectivity index (χ0) is 15.3. The van der Waals surface area contributed by atoms with Gasteiger partial charge >= 0.3 is 0 Å². The first-order chi connectivity index (χ1) is 10.5. The lowest BCUT2D eigenvalue weighted by Crippen LogP contribution is -2.39. The second-order valence-electron chi connectivity index (χ2n) is 6.40. The van der Waals surface area contributed by atoms with E-state index in [4.69, 9.17) is 0 Å². The lowest BCUT2D eigenvalue weighted by atomic mass is 9.59. The molecule has 0 radical (unpaired) electrons. The summed E-state index contributed by atoms with van der Waals surface area (Å²) in [6.45, 7) is 0.517. The second-order valence-corrected chi connectivity index (χ2v) is 8.24. The minimum absolute atomic E-state index is 0.298. The Balaban J connectivity index is 1.79. The van der Waals surface area contributed by atoms with Gasteiger partial charge in [0.2, 0.25) is 10.0 Å². The molecule has 0 saturated carbocycles. The van der Waals surface area contributed by atoms with Crippen LogP contribution in [0.15, 0.2) is 48.5 Å². The summed E-state index contributed by atoms with van der Waals surface area (Å²) in [5.74, 6) is 1.01. The third-order valence-corrected chi connectivity index (χ3v) is 5.72. The van der Waals surface area contributed by atoms with Crippen LogP contribution in [0.4, 0.5) is 0 Å². The van der Waals surface area contributed by atoms with Gasteiger partial charge in [0.1, 0.15) is 0 Å². The quantitative estimate of drug-likeness (QED) is 0.947. The molecule has 0 fully saturated rings. The van der Waals surface area contributed by atoms with Gasteiger partial charge in [-0.25, -0.2) is 13.1 Å². The van der Waals surface area contributed by atoms with Gasteiger partial charge in [-0.15, -0.1) is 0 Å². The minimum Gasteiger partial charge on any atom is -0.215 e. The smallest absolute Gasteiger partial charge is 0.208 e. The van der Waals surface area contributed by atoms with Crippen molar-refractivity contribution in [3.05, 3.63) is 70.8 Å². The fraction of sp³-hybridized carbons (Fsp3) is 0.333. The average Bonchev–Trinajstić information content (AvgIpc) is 2.52. The van der Waals surface area contributed by atoms with Crippen LogP contribution in [0, 0.1) is 5.92 Å². The zero-order valence-electron chi connectivity index (χ0n) is 12.5. The number of benzene rings is 2. The number of hydrogen-bond acceptors (Lipinski definition) is 2. The number of rotatable bonds is 3. The summed E-state index contributed by atoms with van der Waals surface area (Å²) in [6, 6.07) is 17.2. The van der Waals surface area contributed by atoms with Gasteiger partial charge in [0.05, 0.1) is 6.26 Å². The standard InChI is InChI=1S/C18H19NO2S/c1-22(20,21)19-11-12-10-17-13-6-2-4-8-15(13)18(12)16-9-5-3-7-14(16)17/h2-9,12,17-19H,10-11H2,1H3. The molecular formula is C18H19NO2S. The van der Waals surface area contributed by atoms with Crippen LogP contribution >= 0.6 is 0 Å². The van der Waals surface area contributed by atoms with Crippen molar-refractivity contribution >= 4 is 10.0 Å². The second kappa shape index (κ2) is 4.93. The van der Waals surface area contributed by atoms with Gasteiger partial charge in [0.25, 0.3) is 0 Å². The molecule has 3 nitrogen and oxygen atoms in total. The van der Waals surface area contributed by atoms with Crippen molar-refractivity contribution in [2.75, 3.05) is 12.8 Å². The van der Waals surface area contributed by atoms with Crippen molar-refractivity contribution < 1.29 is 8.42 Å². The first kappa shape index (κ1) is 14.0. The van der Waals surface area contributed by atoms with E-state index in [9.17, 15) is 8.42 Å². The minimum atomic E-state index is -3.15. The van der Waals surface area contributed by atoms with Crippen LogP contribution in [0.3, 0.4) is 0 Å². The summed E-state index contributed by atoms with van der Waals surface area (Å²) in [4.78, 5) is 0. The molecule has 2 aromatic carbocycles. The molecule has 0 saturated heterocycles. The highest BCUT2D eigenvalue weighted by molar-refractivity contribution is 7.88. The van der Waals surface area contributed by atoms with E-state index in [-0.39, 0.29) is 0 Å². The van der Waals surface area contributed by atoms with Crippen molar-refractivity contribution in [3.8, 4) is 0 Å². The Hall–Kier alpha value is -1.65. The molecule has 0 aromatic heterocycles. The number of sulfonamides is 1. The van der Waals surface area contributed by atoms with E-state index < -0.39 is 10.0 Å². The van der Waals surface area contributed by atoms with E-state index in [1.165, 1.54) is 28.5 Å². The van der Waals surface area contributed by atoms with Crippen LogP contribution in [0.2, 0.25) is 0 Å². The number of hydrogen-bond donors (Lipinski definition) is 1.